The standard InChI is InChI=1S/C20H20N2O2/c1-15-4-3-5-17(12-15)21-13-16-6-11-20(23)22(14-16)18-7-9-19(24-2)10-8-18/h3-12,14,21H,13H2,1-2H3. The van der Waals surface area contributed by atoms with Gasteiger partial charge in [0, 0.05) is 30.2 Å². The molecular formula is C20H20N2O2. The van der Waals surface area contributed by atoms with E-state index in [1.165, 1.54) is 5.56 Å². The van der Waals surface area contributed by atoms with Crippen LogP contribution in [0, 0.1) is 6.92 Å². The predicted octanol–water partition coefficient (Wildman–Crippen LogP) is 3.77. The van der Waals surface area contributed by atoms with E-state index in [0.29, 0.717) is 6.54 Å². The van der Waals surface area contributed by atoms with Crippen molar-refractivity contribution in [1.29, 1.82) is 0 Å². The highest BCUT2D eigenvalue weighted by atomic mass is 16.5. The molecule has 0 unspecified atom stereocenters. The topological polar surface area (TPSA) is 43.3 Å². The molecular weight excluding hydrogens is 300 g/mol. The second-order valence-electron chi connectivity index (χ2n) is 5.67. The molecule has 0 aliphatic rings. The number of nitrogens with one attached hydrogen (secondary N) is 1. The molecule has 0 spiro atoms. The number of aryl methyl sites for hydroxylation is 1. The van der Waals surface area contributed by atoms with Crippen LogP contribution >= 0.6 is 0 Å². The van der Waals surface area contributed by atoms with Crippen LogP contribution in [-0.2, 0) is 6.54 Å². The maximum absolute atomic E-state index is 12.2. The zero-order valence-corrected chi connectivity index (χ0v) is 13.8. The number of anilines is 1. The van der Waals surface area contributed by atoms with Gasteiger partial charge < -0.3 is 10.1 Å². The maximum Gasteiger partial charge on any atom is 0.255 e. The van der Waals surface area contributed by atoms with E-state index in [2.05, 4.69) is 24.4 Å². The molecule has 1 heterocycles. The van der Waals surface area contributed by atoms with Gasteiger partial charge in [-0.15, -0.1) is 0 Å². The van der Waals surface area contributed by atoms with E-state index in [-0.39, 0.29) is 5.56 Å². The Morgan fingerprint density at radius 3 is 2.54 bits per heavy atom. The Hall–Kier alpha value is -3.01. The van der Waals surface area contributed by atoms with Gasteiger partial charge in [-0.1, -0.05) is 18.2 Å². The van der Waals surface area contributed by atoms with E-state index in [9.17, 15) is 4.79 Å². The van der Waals surface area contributed by atoms with Crippen LogP contribution in [0.3, 0.4) is 0 Å². The molecule has 122 valence electrons. The molecule has 0 amide bonds. The number of ether oxygens (including phenoxy) is 1. The molecule has 0 bridgehead atoms. The van der Waals surface area contributed by atoms with Crippen molar-refractivity contribution in [3.05, 3.63) is 88.3 Å². The van der Waals surface area contributed by atoms with E-state index < -0.39 is 0 Å². The molecule has 0 radical (unpaired) electrons. The second-order valence-corrected chi connectivity index (χ2v) is 5.67. The van der Waals surface area contributed by atoms with Crippen LogP contribution < -0.4 is 15.6 Å². The van der Waals surface area contributed by atoms with E-state index in [4.69, 9.17) is 4.74 Å². The molecule has 24 heavy (non-hydrogen) atoms. The minimum atomic E-state index is -0.0560. The molecule has 4 heteroatoms. The third-order valence-corrected chi connectivity index (χ3v) is 3.84. The van der Waals surface area contributed by atoms with E-state index in [0.717, 1.165) is 22.7 Å². The van der Waals surface area contributed by atoms with Gasteiger partial charge in [-0.3, -0.25) is 9.36 Å². The summed E-state index contributed by atoms with van der Waals surface area (Å²) in [5.41, 5.74) is 4.07. The van der Waals surface area contributed by atoms with Gasteiger partial charge in [0.25, 0.3) is 5.56 Å². The third-order valence-electron chi connectivity index (χ3n) is 3.84. The zero-order chi connectivity index (χ0) is 16.9. The van der Waals surface area contributed by atoms with Crippen LogP contribution in [0.5, 0.6) is 5.75 Å². The Kier molecular flexibility index (Phi) is 4.66. The molecule has 0 fully saturated rings. The smallest absolute Gasteiger partial charge is 0.255 e. The van der Waals surface area contributed by atoms with Crippen molar-refractivity contribution < 1.29 is 4.74 Å². The van der Waals surface area contributed by atoms with Crippen molar-refractivity contribution in [3.63, 3.8) is 0 Å². The molecule has 3 rings (SSSR count). The van der Waals surface area contributed by atoms with Crippen molar-refractivity contribution in [2.45, 2.75) is 13.5 Å². The molecule has 0 saturated heterocycles. The van der Waals surface area contributed by atoms with Crippen LogP contribution in [-0.4, -0.2) is 11.7 Å². The number of pyridine rings is 1. The van der Waals surface area contributed by atoms with Crippen LogP contribution in [0.1, 0.15) is 11.1 Å². The fourth-order valence-electron chi connectivity index (χ4n) is 2.54. The van der Waals surface area contributed by atoms with Crippen molar-refractivity contribution >= 4 is 5.69 Å². The molecule has 1 aromatic heterocycles. The van der Waals surface area contributed by atoms with Crippen molar-refractivity contribution in [2.75, 3.05) is 12.4 Å². The Bertz CT molecular complexity index is 883. The maximum atomic E-state index is 12.2. The predicted molar refractivity (Wildman–Crippen MR) is 97.1 cm³/mol. The summed E-state index contributed by atoms with van der Waals surface area (Å²) in [6, 6.07) is 19.1. The Balaban J connectivity index is 1.81. The summed E-state index contributed by atoms with van der Waals surface area (Å²) in [6.07, 6.45) is 1.87. The van der Waals surface area contributed by atoms with Crippen molar-refractivity contribution in [1.82, 2.24) is 4.57 Å². The Morgan fingerprint density at radius 1 is 1.04 bits per heavy atom. The summed E-state index contributed by atoms with van der Waals surface area (Å²) >= 11 is 0. The fraction of sp³-hybridized carbons (Fsp3) is 0.150. The van der Waals surface area contributed by atoms with Crippen molar-refractivity contribution in [3.8, 4) is 11.4 Å². The minimum Gasteiger partial charge on any atom is -0.497 e. The molecule has 0 atom stereocenters. The van der Waals surface area contributed by atoms with Gasteiger partial charge in [0.1, 0.15) is 5.75 Å². The highest BCUT2D eigenvalue weighted by Gasteiger charge is 2.03. The minimum absolute atomic E-state index is 0.0560. The first-order valence-electron chi connectivity index (χ1n) is 7.82. The summed E-state index contributed by atoms with van der Waals surface area (Å²) in [6.45, 7) is 2.72. The van der Waals surface area contributed by atoms with Crippen LogP contribution in [0.2, 0.25) is 0 Å². The van der Waals surface area contributed by atoms with Crippen LogP contribution in [0.15, 0.2) is 71.7 Å². The molecule has 0 aliphatic heterocycles. The average Bonchev–Trinajstić information content (AvgIpc) is 2.61. The number of nitrogens with zero attached hydrogens (tertiary/aromatic N) is 1. The van der Waals surface area contributed by atoms with Crippen LogP contribution in [0.4, 0.5) is 5.69 Å². The highest BCUT2D eigenvalue weighted by molar-refractivity contribution is 5.46. The van der Waals surface area contributed by atoms with Gasteiger partial charge in [-0.2, -0.15) is 0 Å². The summed E-state index contributed by atoms with van der Waals surface area (Å²) in [5.74, 6) is 0.768. The Labute approximate surface area is 141 Å². The zero-order valence-electron chi connectivity index (χ0n) is 13.8. The van der Waals surface area contributed by atoms with Gasteiger partial charge in [0.05, 0.1) is 7.11 Å². The molecule has 1 N–H and O–H groups in total. The number of rotatable bonds is 5. The van der Waals surface area contributed by atoms with E-state index >= 15 is 0 Å². The molecule has 2 aromatic carbocycles. The van der Waals surface area contributed by atoms with Crippen LogP contribution in [0.25, 0.3) is 5.69 Å². The third kappa shape index (κ3) is 3.66. The molecule has 4 nitrogen and oxygen atoms in total. The monoisotopic (exact) mass is 320 g/mol. The lowest BCUT2D eigenvalue weighted by Gasteiger charge is -2.11. The summed E-state index contributed by atoms with van der Waals surface area (Å²) in [4.78, 5) is 12.2. The normalized spacial score (nSPS) is 10.4. The lowest BCUT2D eigenvalue weighted by molar-refractivity contribution is 0.414. The van der Waals surface area contributed by atoms with Gasteiger partial charge in [0.2, 0.25) is 0 Å². The average molecular weight is 320 g/mol. The molecule has 0 aliphatic carbocycles. The Morgan fingerprint density at radius 2 is 1.83 bits per heavy atom. The van der Waals surface area contributed by atoms with Gasteiger partial charge in [-0.25, -0.2) is 0 Å². The summed E-state index contributed by atoms with van der Waals surface area (Å²) in [5, 5.41) is 3.38. The summed E-state index contributed by atoms with van der Waals surface area (Å²) < 4.78 is 6.80. The summed E-state index contributed by atoms with van der Waals surface area (Å²) in [7, 11) is 1.62. The first-order valence-corrected chi connectivity index (χ1v) is 7.82. The number of hydrogen-bond donors (Lipinski definition) is 1. The fourth-order valence-corrected chi connectivity index (χ4v) is 2.54. The highest BCUT2D eigenvalue weighted by Crippen LogP contribution is 2.15. The first-order chi connectivity index (χ1) is 11.7. The van der Waals surface area contributed by atoms with E-state index in [1.54, 1.807) is 17.7 Å². The molecule has 3 aromatic rings. The number of aromatic nitrogens is 1. The van der Waals surface area contributed by atoms with E-state index in [1.807, 2.05) is 48.7 Å². The first kappa shape index (κ1) is 15.9. The SMILES string of the molecule is COc1ccc(-n2cc(CNc3cccc(C)c3)ccc2=O)cc1. The molecule has 0 saturated carbocycles. The van der Waals surface area contributed by atoms with Gasteiger partial charge >= 0.3 is 0 Å². The lowest BCUT2D eigenvalue weighted by Crippen LogP contribution is -2.17. The number of methoxy groups -OCH3 is 1. The number of benzene rings is 2. The number of hydrogen-bond acceptors (Lipinski definition) is 3. The quantitative estimate of drug-likeness (QED) is 0.778. The lowest BCUT2D eigenvalue weighted by atomic mass is 10.2. The van der Waals surface area contributed by atoms with Gasteiger partial charge in [-0.05, 0) is 54.4 Å². The van der Waals surface area contributed by atoms with Crippen molar-refractivity contribution in [2.24, 2.45) is 0 Å². The largest absolute Gasteiger partial charge is 0.497 e. The second kappa shape index (κ2) is 7.04. The van der Waals surface area contributed by atoms with Gasteiger partial charge in [0.15, 0.2) is 0 Å².